The highest BCUT2D eigenvalue weighted by molar-refractivity contribution is 9.10. The van der Waals surface area contributed by atoms with Crippen molar-refractivity contribution in [3.8, 4) is 0 Å². The van der Waals surface area contributed by atoms with E-state index in [1.165, 1.54) is 23.7 Å². The van der Waals surface area contributed by atoms with Crippen molar-refractivity contribution in [2.24, 2.45) is 0 Å². The van der Waals surface area contributed by atoms with Crippen molar-refractivity contribution in [3.05, 3.63) is 100 Å². The first-order chi connectivity index (χ1) is 26.6. The fourth-order valence-corrected chi connectivity index (χ4v) is 10.4. The fourth-order valence-electron chi connectivity index (χ4n) is 6.95. The molecule has 4 aromatic rings. The van der Waals surface area contributed by atoms with E-state index in [0.29, 0.717) is 61.6 Å². The summed E-state index contributed by atoms with van der Waals surface area (Å²) in [6, 6.07) is 20.3. The number of aromatic nitrogens is 2. The second kappa shape index (κ2) is 18.1. The minimum atomic E-state index is -5.97. The average molecular weight is 897 g/mol. The standard InChI is InChI=1S/C38H45BrF3N7O4S3/c1-47(2)18-14-28(25-54-30-9-4-3-5-10-30)45-34-13-12-31(22-36(34)55(50,51)38(40,41)42)56(52,53)46-37-32-17-21-49(24-35(32)43-26-44-37)29-15-19-48(20-16-29)23-27-8-6-7-11-33(27)39/h3-13,22,26,28-29,45H,14-21,23-25H2,1-2H3,(H,43,44,46). The second-order valence-corrected chi connectivity index (χ2v) is 19.8. The van der Waals surface area contributed by atoms with E-state index in [2.05, 4.69) is 51.8 Å². The number of hydrogen-bond donors (Lipinski definition) is 2. The summed E-state index contributed by atoms with van der Waals surface area (Å²) in [5.74, 6) is 0.425. The van der Waals surface area contributed by atoms with Crippen LogP contribution in [0, 0.1) is 0 Å². The zero-order valence-electron chi connectivity index (χ0n) is 31.0. The van der Waals surface area contributed by atoms with Gasteiger partial charge in [0.05, 0.1) is 16.3 Å². The normalized spacial score (nSPS) is 16.8. The summed E-state index contributed by atoms with van der Waals surface area (Å²) in [7, 11) is -6.85. The lowest BCUT2D eigenvalue weighted by atomic mass is 9.98. The Kier molecular flexibility index (Phi) is 13.7. The van der Waals surface area contributed by atoms with Gasteiger partial charge in [0.25, 0.3) is 19.9 Å². The molecule has 3 aromatic carbocycles. The molecular weight excluding hydrogens is 852 g/mol. The summed E-state index contributed by atoms with van der Waals surface area (Å²) in [5.41, 5.74) is -3.51. The zero-order valence-corrected chi connectivity index (χ0v) is 35.1. The van der Waals surface area contributed by atoms with E-state index in [-0.39, 0.29) is 11.5 Å². The molecule has 1 saturated heterocycles. The number of piperidine rings is 1. The van der Waals surface area contributed by atoms with E-state index < -0.39 is 41.2 Å². The summed E-state index contributed by atoms with van der Waals surface area (Å²) in [4.78, 5) is 14.5. The molecule has 302 valence electrons. The van der Waals surface area contributed by atoms with Crippen molar-refractivity contribution in [3.63, 3.8) is 0 Å². The molecule has 0 bridgehead atoms. The second-order valence-electron chi connectivity index (χ2n) is 14.2. The number of halogens is 4. The van der Waals surface area contributed by atoms with Gasteiger partial charge in [-0.05, 0) is 101 Å². The molecule has 11 nitrogen and oxygen atoms in total. The van der Waals surface area contributed by atoms with Crippen LogP contribution in [-0.2, 0) is 39.4 Å². The Hall–Kier alpha value is -3.26. The maximum atomic E-state index is 14.1. The molecule has 0 aliphatic carbocycles. The van der Waals surface area contributed by atoms with Crippen molar-refractivity contribution in [2.45, 2.75) is 71.1 Å². The third kappa shape index (κ3) is 10.4. The molecule has 1 aromatic heterocycles. The van der Waals surface area contributed by atoms with E-state index in [0.717, 1.165) is 54.0 Å². The highest BCUT2D eigenvalue weighted by Gasteiger charge is 2.48. The minimum absolute atomic E-state index is 0.0158. The first-order valence-electron chi connectivity index (χ1n) is 18.2. The molecule has 2 N–H and O–H groups in total. The van der Waals surface area contributed by atoms with Crippen LogP contribution in [0.5, 0.6) is 0 Å². The van der Waals surface area contributed by atoms with E-state index in [9.17, 15) is 30.0 Å². The first kappa shape index (κ1) is 42.3. The topological polar surface area (TPSA) is 128 Å². The molecule has 0 radical (unpaired) electrons. The largest absolute Gasteiger partial charge is 0.501 e. The van der Waals surface area contributed by atoms with E-state index in [1.807, 2.05) is 67.5 Å². The van der Waals surface area contributed by atoms with Crippen LogP contribution < -0.4 is 10.0 Å². The summed E-state index contributed by atoms with van der Waals surface area (Å²) in [6.45, 7) is 4.45. The number of sulfone groups is 1. The van der Waals surface area contributed by atoms with Gasteiger partial charge in [0.1, 0.15) is 17.0 Å². The van der Waals surface area contributed by atoms with Crippen LogP contribution in [-0.4, -0.2) is 105 Å². The van der Waals surface area contributed by atoms with Gasteiger partial charge in [-0.15, -0.1) is 11.8 Å². The molecule has 3 heterocycles. The Labute approximate surface area is 339 Å². The lowest BCUT2D eigenvalue weighted by molar-refractivity contribution is -0.0435. The smallest absolute Gasteiger partial charge is 0.380 e. The summed E-state index contributed by atoms with van der Waals surface area (Å²) in [5, 5.41) is 3.00. The Morgan fingerprint density at radius 2 is 1.68 bits per heavy atom. The molecule has 6 rings (SSSR count). The van der Waals surface area contributed by atoms with Crippen LogP contribution in [0.1, 0.15) is 36.1 Å². The molecular formula is C38H45BrF3N7O4S3. The van der Waals surface area contributed by atoms with Crippen molar-refractivity contribution < 1.29 is 30.0 Å². The Bertz CT molecular complexity index is 2190. The van der Waals surface area contributed by atoms with E-state index in [1.54, 1.807) is 0 Å². The van der Waals surface area contributed by atoms with Crippen molar-refractivity contribution >= 4 is 59.1 Å². The predicted octanol–water partition coefficient (Wildman–Crippen LogP) is 6.88. The Morgan fingerprint density at radius 1 is 0.964 bits per heavy atom. The Balaban J connectivity index is 1.18. The number of anilines is 2. The molecule has 0 saturated carbocycles. The van der Waals surface area contributed by atoms with Gasteiger partial charge in [-0.25, -0.2) is 26.8 Å². The van der Waals surface area contributed by atoms with E-state index >= 15 is 0 Å². The van der Waals surface area contributed by atoms with Crippen LogP contribution in [0.4, 0.5) is 24.7 Å². The lowest BCUT2D eigenvalue weighted by Gasteiger charge is -2.40. The molecule has 1 unspecified atom stereocenters. The Morgan fingerprint density at radius 3 is 2.38 bits per heavy atom. The molecule has 2 aliphatic rings. The number of nitrogens with one attached hydrogen (secondary N) is 2. The predicted molar refractivity (Wildman–Crippen MR) is 217 cm³/mol. The number of fused-ring (bicyclic) bond motifs is 1. The zero-order chi connectivity index (χ0) is 40.1. The summed E-state index contributed by atoms with van der Waals surface area (Å²) >= 11 is 5.11. The van der Waals surface area contributed by atoms with Gasteiger partial charge in [0, 0.05) is 52.4 Å². The highest BCUT2D eigenvalue weighted by Crippen LogP contribution is 2.37. The first-order valence-corrected chi connectivity index (χ1v) is 22.9. The van der Waals surface area contributed by atoms with E-state index in [4.69, 9.17) is 0 Å². The van der Waals surface area contributed by atoms with Crippen molar-refractivity contribution in [1.82, 2.24) is 24.7 Å². The maximum Gasteiger partial charge on any atom is 0.501 e. The van der Waals surface area contributed by atoms with Gasteiger partial charge in [-0.2, -0.15) is 13.2 Å². The molecule has 1 fully saturated rings. The van der Waals surface area contributed by atoms with Crippen LogP contribution in [0.25, 0.3) is 0 Å². The lowest BCUT2D eigenvalue weighted by Crippen LogP contribution is -2.46. The quantitative estimate of drug-likeness (QED) is 0.121. The third-order valence-electron chi connectivity index (χ3n) is 10.0. The number of nitrogens with zero attached hydrogens (tertiary/aromatic N) is 5. The van der Waals surface area contributed by atoms with Crippen LogP contribution in [0.2, 0.25) is 0 Å². The molecule has 56 heavy (non-hydrogen) atoms. The van der Waals surface area contributed by atoms with Gasteiger partial charge in [-0.3, -0.25) is 14.5 Å². The summed E-state index contributed by atoms with van der Waals surface area (Å²) in [6.07, 6.45) is 4.13. The maximum absolute atomic E-state index is 14.1. The number of likely N-dealkylation sites (tertiary alicyclic amines) is 1. The molecule has 18 heteroatoms. The number of thioether (sulfide) groups is 1. The van der Waals surface area contributed by atoms with Crippen LogP contribution >= 0.6 is 27.7 Å². The number of rotatable bonds is 15. The number of alkyl halides is 3. The van der Waals surface area contributed by atoms with Crippen molar-refractivity contribution in [2.75, 3.05) is 56.1 Å². The average Bonchev–Trinajstić information content (AvgIpc) is 3.17. The van der Waals surface area contributed by atoms with Gasteiger partial charge < -0.3 is 10.2 Å². The van der Waals surface area contributed by atoms with Crippen LogP contribution in [0.3, 0.4) is 0 Å². The van der Waals surface area contributed by atoms with Gasteiger partial charge >= 0.3 is 5.51 Å². The van der Waals surface area contributed by atoms with Crippen molar-refractivity contribution in [1.29, 1.82) is 0 Å². The number of sulfonamides is 1. The van der Waals surface area contributed by atoms with Gasteiger partial charge in [0.15, 0.2) is 0 Å². The molecule has 0 spiro atoms. The molecule has 1 atom stereocenters. The fraction of sp³-hybridized carbons (Fsp3) is 0.421. The summed E-state index contributed by atoms with van der Waals surface area (Å²) < 4.78 is 99.3. The van der Waals surface area contributed by atoms with Crippen LogP contribution in [0.15, 0.2) is 98.3 Å². The molecule has 2 aliphatic heterocycles. The monoisotopic (exact) mass is 895 g/mol. The SMILES string of the molecule is CN(C)CCC(CSc1ccccc1)Nc1ccc(S(=O)(=O)Nc2ncnc3c2CCN(C2CCN(Cc4ccccc4Br)CC2)C3)cc1S(=O)(=O)C(F)(F)F. The number of benzene rings is 3. The van der Waals surface area contributed by atoms with Gasteiger partial charge in [-0.1, -0.05) is 52.3 Å². The minimum Gasteiger partial charge on any atom is -0.380 e. The highest BCUT2D eigenvalue weighted by atomic mass is 79.9. The number of hydrogen-bond acceptors (Lipinski definition) is 11. The third-order valence-corrected chi connectivity index (χ3v) is 14.8. The molecule has 0 amide bonds. The van der Waals surface area contributed by atoms with Gasteiger partial charge in [0.2, 0.25) is 0 Å².